The fraction of sp³-hybridized carbons (Fsp3) is 0.652. The van der Waals surface area contributed by atoms with Crippen LogP contribution in [0.1, 0.15) is 258 Å². The van der Waals surface area contributed by atoms with Gasteiger partial charge in [0.1, 0.15) is 13.2 Å². The van der Waals surface area contributed by atoms with Gasteiger partial charge in [0, 0.05) is 19.3 Å². The van der Waals surface area contributed by atoms with Crippen molar-refractivity contribution >= 4 is 17.9 Å². The Morgan fingerprint density at radius 3 is 0.958 bits per heavy atom. The standard InChI is InChI=1S/C66H108O6/c1-4-7-10-13-16-19-22-25-28-30-31-32-33-34-35-37-38-41-44-47-50-53-56-59-65(68)71-62-63(61-70-64(67)58-55-52-49-46-43-40-27-24-21-18-15-12-9-6-3)72-66(69)60-57-54-51-48-45-42-39-36-29-26-23-20-17-14-11-8-5-2/h7,10,15-16,18-19,24-29,31-32,34-35,38,41,47,50,63H,4-6,8-9,11-14,17,20-23,30,33,36-37,39-40,42-46,48-49,51-62H2,1-3H3/b10-7-,18-15-,19-16-,27-24-,28-25-,29-26-,32-31-,35-34-,41-38-,50-47-. The van der Waals surface area contributed by atoms with Crippen molar-refractivity contribution in [2.45, 2.75) is 264 Å². The second-order valence-electron chi connectivity index (χ2n) is 19.2. The molecule has 0 aromatic rings. The van der Waals surface area contributed by atoms with Crippen molar-refractivity contribution in [3.05, 3.63) is 122 Å². The van der Waals surface area contributed by atoms with E-state index in [-0.39, 0.29) is 37.5 Å². The van der Waals surface area contributed by atoms with Gasteiger partial charge in [-0.1, -0.05) is 239 Å². The average molecular weight is 998 g/mol. The van der Waals surface area contributed by atoms with E-state index in [1.807, 2.05) is 0 Å². The third-order valence-corrected chi connectivity index (χ3v) is 12.2. The molecule has 0 aromatic heterocycles. The van der Waals surface area contributed by atoms with Crippen LogP contribution in [-0.2, 0) is 28.6 Å². The average Bonchev–Trinajstić information content (AvgIpc) is 3.38. The molecule has 0 saturated heterocycles. The molecule has 0 aliphatic rings. The molecule has 6 heteroatoms. The first-order chi connectivity index (χ1) is 35.5. The molecule has 0 N–H and O–H groups in total. The van der Waals surface area contributed by atoms with Gasteiger partial charge in [0.25, 0.3) is 0 Å². The lowest BCUT2D eigenvalue weighted by molar-refractivity contribution is -0.167. The van der Waals surface area contributed by atoms with Gasteiger partial charge in [0.2, 0.25) is 0 Å². The van der Waals surface area contributed by atoms with Crippen LogP contribution in [0, 0.1) is 0 Å². The summed E-state index contributed by atoms with van der Waals surface area (Å²) < 4.78 is 16.8. The molecular weight excluding hydrogens is 889 g/mol. The highest BCUT2D eigenvalue weighted by atomic mass is 16.6. The molecular formula is C66H108O6. The number of allylic oxidation sites excluding steroid dienone is 20. The van der Waals surface area contributed by atoms with E-state index >= 15 is 0 Å². The molecule has 408 valence electrons. The molecule has 1 unspecified atom stereocenters. The Morgan fingerprint density at radius 1 is 0.292 bits per heavy atom. The van der Waals surface area contributed by atoms with Gasteiger partial charge < -0.3 is 14.2 Å². The number of ether oxygens (including phenoxy) is 3. The van der Waals surface area contributed by atoms with Gasteiger partial charge in [-0.3, -0.25) is 14.4 Å². The number of hydrogen-bond donors (Lipinski definition) is 0. The smallest absolute Gasteiger partial charge is 0.306 e. The number of rotatable bonds is 52. The Hall–Kier alpha value is -4.19. The van der Waals surface area contributed by atoms with Crippen molar-refractivity contribution in [3.63, 3.8) is 0 Å². The Balaban J connectivity index is 4.50. The molecule has 0 rings (SSSR count). The van der Waals surface area contributed by atoms with E-state index in [4.69, 9.17) is 14.2 Å². The summed E-state index contributed by atoms with van der Waals surface area (Å²) in [6.07, 6.45) is 81.9. The van der Waals surface area contributed by atoms with E-state index < -0.39 is 6.10 Å². The summed E-state index contributed by atoms with van der Waals surface area (Å²) in [6, 6.07) is 0. The molecule has 6 nitrogen and oxygen atoms in total. The highest BCUT2D eigenvalue weighted by Gasteiger charge is 2.19. The normalized spacial score (nSPS) is 13.0. The Labute approximate surface area is 443 Å². The SMILES string of the molecule is CC/C=C\C/C=C\C/C=C\C/C=C\C/C=C\C/C=C\C/C=C\CCCC(=O)OCC(COC(=O)CCCCCCC/C=C\C/C=C\CCCC)OC(=O)CCCCCCCCC/C=C\CCCCCCCC. The highest BCUT2D eigenvalue weighted by molar-refractivity contribution is 5.71. The fourth-order valence-electron chi connectivity index (χ4n) is 7.74. The van der Waals surface area contributed by atoms with Crippen molar-refractivity contribution in [2.75, 3.05) is 13.2 Å². The molecule has 0 aliphatic heterocycles. The van der Waals surface area contributed by atoms with Gasteiger partial charge in [0.15, 0.2) is 6.10 Å². The van der Waals surface area contributed by atoms with Crippen LogP contribution in [0.4, 0.5) is 0 Å². The summed E-state index contributed by atoms with van der Waals surface area (Å²) in [6.45, 7) is 6.42. The summed E-state index contributed by atoms with van der Waals surface area (Å²) in [5, 5.41) is 0. The molecule has 0 bridgehead atoms. The molecule has 0 amide bonds. The van der Waals surface area contributed by atoms with Gasteiger partial charge in [-0.25, -0.2) is 0 Å². The zero-order valence-electron chi connectivity index (χ0n) is 46.7. The lowest BCUT2D eigenvalue weighted by Crippen LogP contribution is -2.30. The number of unbranched alkanes of at least 4 members (excludes halogenated alkanes) is 21. The van der Waals surface area contributed by atoms with Crippen molar-refractivity contribution in [3.8, 4) is 0 Å². The first-order valence-corrected chi connectivity index (χ1v) is 29.5. The number of hydrogen-bond acceptors (Lipinski definition) is 6. The summed E-state index contributed by atoms with van der Waals surface area (Å²) in [4.78, 5) is 38.2. The Morgan fingerprint density at radius 2 is 0.569 bits per heavy atom. The molecule has 0 saturated carbocycles. The molecule has 1 atom stereocenters. The topological polar surface area (TPSA) is 78.9 Å². The summed E-state index contributed by atoms with van der Waals surface area (Å²) >= 11 is 0. The van der Waals surface area contributed by atoms with Crippen molar-refractivity contribution in [1.29, 1.82) is 0 Å². The molecule has 0 heterocycles. The van der Waals surface area contributed by atoms with Crippen LogP contribution < -0.4 is 0 Å². The number of esters is 3. The fourth-order valence-corrected chi connectivity index (χ4v) is 7.74. The number of carbonyl (C=O) groups excluding carboxylic acids is 3. The van der Waals surface area contributed by atoms with Crippen molar-refractivity contribution < 1.29 is 28.6 Å². The van der Waals surface area contributed by atoms with Crippen LogP contribution in [0.25, 0.3) is 0 Å². The minimum atomic E-state index is -0.813. The van der Waals surface area contributed by atoms with E-state index in [0.29, 0.717) is 19.3 Å². The zero-order valence-corrected chi connectivity index (χ0v) is 46.7. The molecule has 72 heavy (non-hydrogen) atoms. The van der Waals surface area contributed by atoms with Crippen molar-refractivity contribution in [2.24, 2.45) is 0 Å². The maximum atomic E-state index is 12.9. The highest BCUT2D eigenvalue weighted by Crippen LogP contribution is 2.14. The molecule has 0 spiro atoms. The summed E-state index contributed by atoms with van der Waals surface area (Å²) in [5.74, 6) is -0.987. The molecule has 0 aliphatic carbocycles. The van der Waals surface area contributed by atoms with Gasteiger partial charge >= 0.3 is 17.9 Å². The second-order valence-corrected chi connectivity index (χ2v) is 19.2. The van der Waals surface area contributed by atoms with E-state index in [1.165, 1.54) is 96.3 Å². The number of carbonyl (C=O) groups is 3. The van der Waals surface area contributed by atoms with E-state index in [9.17, 15) is 14.4 Å². The monoisotopic (exact) mass is 997 g/mol. The third-order valence-electron chi connectivity index (χ3n) is 12.2. The van der Waals surface area contributed by atoms with Crippen LogP contribution in [0.2, 0.25) is 0 Å². The lowest BCUT2D eigenvalue weighted by Gasteiger charge is -2.18. The molecule has 0 fully saturated rings. The van der Waals surface area contributed by atoms with Crippen LogP contribution in [0.15, 0.2) is 122 Å². The van der Waals surface area contributed by atoms with Crippen LogP contribution in [0.5, 0.6) is 0 Å². The quantitative estimate of drug-likeness (QED) is 0.0261. The zero-order chi connectivity index (χ0) is 52.2. The van der Waals surface area contributed by atoms with Gasteiger partial charge in [-0.15, -0.1) is 0 Å². The molecule has 0 radical (unpaired) electrons. The largest absolute Gasteiger partial charge is 0.462 e. The lowest BCUT2D eigenvalue weighted by atomic mass is 10.1. The van der Waals surface area contributed by atoms with Gasteiger partial charge in [-0.2, -0.15) is 0 Å². The van der Waals surface area contributed by atoms with E-state index in [2.05, 4.69) is 142 Å². The summed E-state index contributed by atoms with van der Waals surface area (Å²) in [5.41, 5.74) is 0. The third kappa shape index (κ3) is 56.7. The van der Waals surface area contributed by atoms with Crippen LogP contribution in [0.3, 0.4) is 0 Å². The first-order valence-electron chi connectivity index (χ1n) is 29.5. The predicted octanol–water partition coefficient (Wildman–Crippen LogP) is 20.0. The Bertz CT molecular complexity index is 1520. The van der Waals surface area contributed by atoms with Crippen molar-refractivity contribution in [1.82, 2.24) is 0 Å². The second kappa shape index (κ2) is 59.4. The first kappa shape index (κ1) is 67.8. The van der Waals surface area contributed by atoms with Gasteiger partial charge in [-0.05, 0) is 122 Å². The summed E-state index contributed by atoms with van der Waals surface area (Å²) in [7, 11) is 0. The maximum Gasteiger partial charge on any atom is 0.306 e. The minimum absolute atomic E-state index is 0.108. The van der Waals surface area contributed by atoms with Gasteiger partial charge in [0.05, 0.1) is 0 Å². The minimum Gasteiger partial charge on any atom is -0.462 e. The van der Waals surface area contributed by atoms with E-state index in [1.54, 1.807) is 0 Å². The predicted molar refractivity (Wildman–Crippen MR) is 311 cm³/mol. The van der Waals surface area contributed by atoms with Crippen LogP contribution in [-0.4, -0.2) is 37.2 Å². The van der Waals surface area contributed by atoms with Crippen LogP contribution >= 0.6 is 0 Å². The Kier molecular flexibility index (Phi) is 55.9. The maximum absolute atomic E-state index is 12.9. The van der Waals surface area contributed by atoms with E-state index in [0.717, 1.165) is 116 Å². The molecule has 0 aromatic carbocycles.